The molecule has 21 heavy (non-hydrogen) atoms. The lowest BCUT2D eigenvalue weighted by Crippen LogP contribution is -2.49. The van der Waals surface area contributed by atoms with Crippen molar-refractivity contribution >= 4 is 15.9 Å². The summed E-state index contributed by atoms with van der Waals surface area (Å²) in [6.07, 6.45) is 13.7. The molecule has 0 rings (SSSR count). The molecule has 2 unspecified atom stereocenters. The van der Waals surface area contributed by atoms with Crippen LogP contribution in [0, 0.1) is 0 Å². The highest BCUT2D eigenvalue weighted by atomic mass is 79.9. The molecule has 0 aromatic carbocycles. The lowest BCUT2D eigenvalue weighted by Gasteiger charge is -2.35. The van der Waals surface area contributed by atoms with E-state index in [2.05, 4.69) is 36.8 Å². The fraction of sp³-hybridized carbons (Fsp3) is 1.00. The number of rotatable bonds is 15. The van der Waals surface area contributed by atoms with E-state index in [1.807, 2.05) is 0 Å². The number of hydrogen-bond acceptors (Lipinski definition) is 1. The first-order chi connectivity index (χ1) is 10.1. The fourth-order valence-corrected chi connectivity index (χ4v) is 3.12. The van der Waals surface area contributed by atoms with Gasteiger partial charge in [0.25, 0.3) is 0 Å². The number of hydrogen-bond donors (Lipinski definition) is 1. The van der Waals surface area contributed by atoms with Crippen molar-refractivity contribution < 1.29 is 9.59 Å². The van der Waals surface area contributed by atoms with Crippen molar-refractivity contribution in [1.82, 2.24) is 0 Å². The maximum atomic E-state index is 9.82. The van der Waals surface area contributed by atoms with Gasteiger partial charge in [0.05, 0.1) is 20.1 Å². The molecule has 128 valence electrons. The van der Waals surface area contributed by atoms with Gasteiger partial charge in [-0.3, -0.25) is 0 Å². The largest absolute Gasteiger partial charge is 0.386 e. The predicted molar refractivity (Wildman–Crippen MR) is 98.1 cm³/mol. The topological polar surface area (TPSA) is 20.2 Å². The van der Waals surface area contributed by atoms with Crippen molar-refractivity contribution in [2.75, 3.05) is 32.0 Å². The average molecular weight is 365 g/mol. The summed E-state index contributed by atoms with van der Waals surface area (Å²) in [5.41, 5.74) is 0. The molecule has 0 bridgehead atoms. The molecule has 0 aromatic heterocycles. The normalized spacial score (nSPS) is 15.9. The van der Waals surface area contributed by atoms with Gasteiger partial charge < -0.3 is 9.59 Å². The molecular formula is C18H39BrNO+. The number of aliphatic hydroxyl groups is 1. The molecule has 1 N–H and O–H groups in total. The number of likely N-dealkylation sites (N-methyl/N-ethyl adjacent to an activating group) is 1. The van der Waals surface area contributed by atoms with Gasteiger partial charge >= 0.3 is 0 Å². The Labute approximate surface area is 142 Å². The third kappa shape index (κ3) is 12.6. The maximum Gasteiger partial charge on any atom is 0.112 e. The second-order valence-corrected chi connectivity index (χ2v) is 7.48. The number of nitrogens with zero attached hydrogens (tertiary/aromatic N) is 1. The van der Waals surface area contributed by atoms with E-state index in [0.29, 0.717) is 5.33 Å². The van der Waals surface area contributed by atoms with Gasteiger partial charge in [0.1, 0.15) is 12.6 Å². The molecule has 0 radical (unpaired) electrons. The van der Waals surface area contributed by atoms with E-state index in [0.717, 1.165) is 17.6 Å². The Morgan fingerprint density at radius 1 is 0.857 bits per heavy atom. The van der Waals surface area contributed by atoms with E-state index in [1.54, 1.807) is 0 Å². The molecule has 0 saturated heterocycles. The van der Waals surface area contributed by atoms with Gasteiger partial charge in [-0.15, -0.1) is 0 Å². The van der Waals surface area contributed by atoms with Gasteiger partial charge in [0.15, 0.2) is 0 Å². The molecule has 0 fully saturated rings. The summed E-state index contributed by atoms with van der Waals surface area (Å²) in [5.74, 6) is 0. The second-order valence-electron chi connectivity index (χ2n) is 6.83. The van der Waals surface area contributed by atoms with Crippen molar-refractivity contribution in [2.45, 2.75) is 84.2 Å². The molecule has 3 heteroatoms. The van der Waals surface area contributed by atoms with Crippen LogP contribution in [0.25, 0.3) is 0 Å². The quantitative estimate of drug-likeness (QED) is 0.242. The number of quaternary nitrogens is 1. The summed E-state index contributed by atoms with van der Waals surface area (Å²) < 4.78 is 1.00. The monoisotopic (exact) mass is 364 g/mol. The van der Waals surface area contributed by atoms with Crippen LogP contribution in [0.5, 0.6) is 0 Å². The molecule has 0 aliphatic heterocycles. The first-order valence-electron chi connectivity index (χ1n) is 9.15. The van der Waals surface area contributed by atoms with Crippen LogP contribution in [0.15, 0.2) is 0 Å². The maximum absolute atomic E-state index is 9.82. The van der Waals surface area contributed by atoms with Gasteiger partial charge in [-0.25, -0.2) is 0 Å². The predicted octanol–water partition coefficient (Wildman–Crippen LogP) is 5.13. The SMILES string of the molecule is CCCCCCCCCCCC[N+](C)(CC)CC(O)CBr. The first kappa shape index (κ1) is 21.4. The molecule has 0 aromatic rings. The summed E-state index contributed by atoms with van der Waals surface area (Å²) in [6.45, 7) is 7.70. The van der Waals surface area contributed by atoms with Crippen LogP contribution in [-0.4, -0.2) is 47.7 Å². The number of aliphatic hydroxyl groups excluding tert-OH is 1. The van der Waals surface area contributed by atoms with E-state index in [4.69, 9.17) is 0 Å². The van der Waals surface area contributed by atoms with E-state index < -0.39 is 0 Å². The molecule has 0 aliphatic carbocycles. The van der Waals surface area contributed by atoms with Crippen LogP contribution in [0.4, 0.5) is 0 Å². The van der Waals surface area contributed by atoms with E-state index >= 15 is 0 Å². The zero-order valence-electron chi connectivity index (χ0n) is 14.7. The van der Waals surface area contributed by atoms with Gasteiger partial charge in [-0.05, 0) is 19.8 Å². The van der Waals surface area contributed by atoms with Crippen molar-refractivity contribution in [1.29, 1.82) is 0 Å². The fourth-order valence-electron chi connectivity index (χ4n) is 2.92. The highest BCUT2D eigenvalue weighted by Gasteiger charge is 2.22. The van der Waals surface area contributed by atoms with Gasteiger partial charge in [0.2, 0.25) is 0 Å². The lowest BCUT2D eigenvalue weighted by atomic mass is 10.1. The molecular weight excluding hydrogens is 326 g/mol. The van der Waals surface area contributed by atoms with Crippen LogP contribution in [-0.2, 0) is 0 Å². The van der Waals surface area contributed by atoms with Crippen molar-refractivity contribution in [3.05, 3.63) is 0 Å². The molecule has 0 amide bonds. The van der Waals surface area contributed by atoms with Crippen molar-refractivity contribution in [3.63, 3.8) is 0 Å². The standard InChI is InChI=1S/C18H39BrNO/c1-4-6-7-8-9-10-11-12-13-14-15-20(3,5-2)17-18(21)16-19/h18,21H,4-17H2,1-3H3/q+1. The van der Waals surface area contributed by atoms with Crippen molar-refractivity contribution in [3.8, 4) is 0 Å². The minimum atomic E-state index is -0.210. The summed E-state index contributed by atoms with van der Waals surface area (Å²) in [6, 6.07) is 0. The smallest absolute Gasteiger partial charge is 0.112 e. The number of halogens is 1. The van der Waals surface area contributed by atoms with Gasteiger partial charge in [-0.2, -0.15) is 0 Å². The van der Waals surface area contributed by atoms with Crippen LogP contribution in [0.3, 0.4) is 0 Å². The van der Waals surface area contributed by atoms with E-state index in [1.165, 1.54) is 70.8 Å². The van der Waals surface area contributed by atoms with E-state index in [-0.39, 0.29) is 6.10 Å². The Balaban J connectivity index is 3.51. The minimum Gasteiger partial charge on any atom is -0.386 e. The minimum absolute atomic E-state index is 0.210. The average Bonchev–Trinajstić information content (AvgIpc) is 2.49. The molecule has 0 heterocycles. The summed E-state index contributed by atoms with van der Waals surface area (Å²) in [4.78, 5) is 0. The number of unbranched alkanes of at least 4 members (excludes halogenated alkanes) is 9. The van der Waals surface area contributed by atoms with Crippen LogP contribution < -0.4 is 0 Å². The lowest BCUT2D eigenvalue weighted by molar-refractivity contribution is -0.910. The third-order valence-corrected chi connectivity index (χ3v) is 5.39. The number of alkyl halides is 1. The Hall–Kier alpha value is 0.400. The Bertz CT molecular complexity index is 225. The van der Waals surface area contributed by atoms with Crippen LogP contribution >= 0.6 is 15.9 Å². The van der Waals surface area contributed by atoms with Crippen molar-refractivity contribution in [2.24, 2.45) is 0 Å². The highest BCUT2D eigenvalue weighted by Crippen LogP contribution is 2.13. The Morgan fingerprint density at radius 3 is 1.76 bits per heavy atom. The summed E-state index contributed by atoms with van der Waals surface area (Å²) in [5, 5.41) is 10.5. The Morgan fingerprint density at radius 2 is 1.33 bits per heavy atom. The molecule has 2 nitrogen and oxygen atoms in total. The Kier molecular flexibility index (Phi) is 14.3. The van der Waals surface area contributed by atoms with Crippen LogP contribution in [0.2, 0.25) is 0 Å². The second kappa shape index (κ2) is 14.0. The molecule has 0 spiro atoms. The first-order valence-corrected chi connectivity index (χ1v) is 10.3. The van der Waals surface area contributed by atoms with Gasteiger partial charge in [0, 0.05) is 5.33 Å². The third-order valence-electron chi connectivity index (χ3n) is 4.64. The summed E-state index contributed by atoms with van der Waals surface area (Å²) in [7, 11) is 2.28. The molecule has 0 aliphatic rings. The summed E-state index contributed by atoms with van der Waals surface area (Å²) >= 11 is 3.37. The molecule has 0 saturated carbocycles. The van der Waals surface area contributed by atoms with Crippen LogP contribution in [0.1, 0.15) is 78.1 Å². The van der Waals surface area contributed by atoms with E-state index in [9.17, 15) is 5.11 Å². The zero-order valence-corrected chi connectivity index (χ0v) is 16.3. The van der Waals surface area contributed by atoms with Gasteiger partial charge in [-0.1, -0.05) is 74.2 Å². The molecule has 2 atom stereocenters. The zero-order chi connectivity index (χ0) is 16.0. The highest BCUT2D eigenvalue weighted by molar-refractivity contribution is 9.09.